The van der Waals surface area contributed by atoms with Gasteiger partial charge in [0.15, 0.2) is 0 Å². The van der Waals surface area contributed by atoms with Crippen LogP contribution in [0.1, 0.15) is 17.4 Å². The summed E-state index contributed by atoms with van der Waals surface area (Å²) in [6.07, 6.45) is 0. The van der Waals surface area contributed by atoms with Crippen molar-refractivity contribution in [3.63, 3.8) is 0 Å². The molecule has 0 bridgehead atoms. The van der Waals surface area contributed by atoms with Crippen molar-refractivity contribution in [2.24, 2.45) is 5.84 Å². The Labute approximate surface area is 104 Å². The molecule has 0 fully saturated rings. The first kappa shape index (κ1) is 13.7. The van der Waals surface area contributed by atoms with Gasteiger partial charge in [0.1, 0.15) is 11.5 Å². The number of anilines is 1. The molecule has 0 saturated carbocycles. The van der Waals surface area contributed by atoms with E-state index in [1.807, 2.05) is 0 Å². The highest BCUT2D eigenvalue weighted by atomic mass is 35.5. The number of hydrazine groups is 1. The molecule has 94 valence electrons. The largest absolute Gasteiger partial charge is 0.394 e. The van der Waals surface area contributed by atoms with E-state index in [1.165, 1.54) is 11.0 Å². The molecule has 1 aromatic heterocycles. The number of nitrogen functional groups attached to an aromatic ring is 1. The van der Waals surface area contributed by atoms with Gasteiger partial charge in [0.25, 0.3) is 5.91 Å². The molecule has 0 radical (unpaired) electrons. The second kappa shape index (κ2) is 5.81. The lowest BCUT2D eigenvalue weighted by atomic mass is 10.2. The number of hydrogen-bond acceptors (Lipinski definition) is 5. The first-order valence-corrected chi connectivity index (χ1v) is 5.40. The van der Waals surface area contributed by atoms with E-state index < -0.39 is 0 Å². The predicted octanol–water partition coefficient (Wildman–Crippen LogP) is 0.473. The molecular weight excluding hydrogens is 244 g/mol. The number of aliphatic hydroxyl groups is 1. The predicted molar refractivity (Wildman–Crippen MR) is 65.7 cm³/mol. The molecule has 1 unspecified atom stereocenters. The van der Waals surface area contributed by atoms with Crippen molar-refractivity contribution in [2.45, 2.75) is 13.0 Å². The number of halogens is 1. The number of amides is 1. The van der Waals surface area contributed by atoms with Crippen LogP contribution in [0.4, 0.5) is 5.82 Å². The molecule has 0 saturated heterocycles. The minimum atomic E-state index is -0.367. The van der Waals surface area contributed by atoms with Gasteiger partial charge in [0.05, 0.1) is 17.7 Å². The minimum Gasteiger partial charge on any atom is -0.394 e. The summed E-state index contributed by atoms with van der Waals surface area (Å²) in [7, 11) is 1.57. The fourth-order valence-corrected chi connectivity index (χ4v) is 1.35. The Bertz CT molecular complexity index is 413. The summed E-state index contributed by atoms with van der Waals surface area (Å²) in [4.78, 5) is 17.4. The van der Waals surface area contributed by atoms with Crippen LogP contribution in [-0.2, 0) is 0 Å². The number of rotatable bonds is 4. The SMILES string of the molecule is CC(CO)N(C)C(=O)c1nc(NN)ccc1Cl. The zero-order valence-electron chi connectivity index (χ0n) is 9.64. The third kappa shape index (κ3) is 3.06. The quantitative estimate of drug-likeness (QED) is 0.540. The Kier molecular flexibility index (Phi) is 4.68. The van der Waals surface area contributed by atoms with Crippen molar-refractivity contribution >= 4 is 23.3 Å². The molecule has 4 N–H and O–H groups in total. The summed E-state index contributed by atoms with van der Waals surface area (Å²) in [5.41, 5.74) is 2.44. The summed E-state index contributed by atoms with van der Waals surface area (Å²) in [6.45, 7) is 1.59. The number of likely N-dealkylation sites (N-methyl/N-ethyl adjacent to an activating group) is 1. The highest BCUT2D eigenvalue weighted by Gasteiger charge is 2.21. The molecule has 17 heavy (non-hydrogen) atoms. The number of nitrogens with two attached hydrogens (primary N) is 1. The number of nitrogens with zero attached hydrogens (tertiary/aromatic N) is 2. The summed E-state index contributed by atoms with van der Waals surface area (Å²) in [6, 6.07) is 2.79. The van der Waals surface area contributed by atoms with Gasteiger partial charge in [-0.2, -0.15) is 0 Å². The van der Waals surface area contributed by atoms with E-state index in [0.29, 0.717) is 5.82 Å². The molecule has 0 aliphatic rings. The lowest BCUT2D eigenvalue weighted by Gasteiger charge is -2.23. The van der Waals surface area contributed by atoms with Crippen LogP contribution in [0.3, 0.4) is 0 Å². The van der Waals surface area contributed by atoms with Crippen LogP contribution in [0.5, 0.6) is 0 Å². The fourth-order valence-electron chi connectivity index (χ4n) is 1.16. The van der Waals surface area contributed by atoms with Crippen molar-refractivity contribution in [2.75, 3.05) is 19.1 Å². The molecule has 0 aromatic carbocycles. The normalized spacial score (nSPS) is 12.1. The molecule has 6 nitrogen and oxygen atoms in total. The summed E-state index contributed by atoms with van der Waals surface area (Å²) in [5.74, 6) is 5.19. The number of carbonyl (C=O) groups excluding carboxylic acids is 1. The number of aromatic nitrogens is 1. The third-order valence-electron chi connectivity index (χ3n) is 2.44. The van der Waals surface area contributed by atoms with Crippen molar-refractivity contribution in [3.05, 3.63) is 22.8 Å². The number of nitrogens with one attached hydrogen (secondary N) is 1. The van der Waals surface area contributed by atoms with Crippen molar-refractivity contribution in [1.29, 1.82) is 0 Å². The van der Waals surface area contributed by atoms with Crippen LogP contribution in [0.25, 0.3) is 0 Å². The number of hydrogen-bond donors (Lipinski definition) is 3. The maximum atomic E-state index is 12.0. The van der Waals surface area contributed by atoms with Gasteiger partial charge in [-0.25, -0.2) is 10.8 Å². The molecular formula is C10H15ClN4O2. The smallest absolute Gasteiger partial charge is 0.274 e. The summed E-state index contributed by atoms with van der Waals surface area (Å²) >= 11 is 5.90. The third-order valence-corrected chi connectivity index (χ3v) is 2.75. The Morgan fingerprint density at radius 1 is 1.71 bits per heavy atom. The van der Waals surface area contributed by atoms with Crippen molar-refractivity contribution < 1.29 is 9.90 Å². The number of carbonyl (C=O) groups is 1. The lowest BCUT2D eigenvalue weighted by molar-refractivity contribution is 0.0676. The Morgan fingerprint density at radius 2 is 2.35 bits per heavy atom. The molecule has 1 aromatic rings. The first-order valence-electron chi connectivity index (χ1n) is 5.02. The van der Waals surface area contributed by atoms with Gasteiger partial charge in [0.2, 0.25) is 0 Å². The van der Waals surface area contributed by atoms with E-state index in [-0.39, 0.29) is 29.3 Å². The maximum absolute atomic E-state index is 12.0. The van der Waals surface area contributed by atoms with E-state index >= 15 is 0 Å². The van der Waals surface area contributed by atoms with Crippen LogP contribution >= 0.6 is 11.6 Å². The average molecular weight is 259 g/mol. The maximum Gasteiger partial charge on any atom is 0.274 e. The minimum absolute atomic E-state index is 0.102. The van der Waals surface area contributed by atoms with Crippen molar-refractivity contribution in [1.82, 2.24) is 9.88 Å². The zero-order chi connectivity index (χ0) is 13.0. The molecule has 0 aliphatic carbocycles. The molecule has 1 atom stereocenters. The van der Waals surface area contributed by atoms with Crippen molar-refractivity contribution in [3.8, 4) is 0 Å². The molecule has 7 heteroatoms. The van der Waals surface area contributed by atoms with E-state index in [1.54, 1.807) is 20.0 Å². The molecule has 1 rings (SSSR count). The van der Waals surface area contributed by atoms with Gasteiger partial charge in [-0.1, -0.05) is 11.6 Å². The summed E-state index contributed by atoms with van der Waals surface area (Å²) < 4.78 is 0. The van der Waals surface area contributed by atoms with E-state index in [9.17, 15) is 4.79 Å². The first-order chi connectivity index (χ1) is 8.01. The van der Waals surface area contributed by atoms with Gasteiger partial charge in [-0.05, 0) is 19.1 Å². The topological polar surface area (TPSA) is 91.5 Å². The van der Waals surface area contributed by atoms with Crippen LogP contribution in [0, 0.1) is 0 Å². The Hall–Kier alpha value is -1.37. The van der Waals surface area contributed by atoms with Gasteiger partial charge in [-0.15, -0.1) is 0 Å². The van der Waals surface area contributed by atoms with E-state index in [4.69, 9.17) is 22.6 Å². The Morgan fingerprint density at radius 3 is 2.88 bits per heavy atom. The standard InChI is InChI=1S/C10H15ClN4O2/c1-6(5-16)15(2)10(17)9-7(11)3-4-8(13-9)14-12/h3-4,6,16H,5,12H2,1-2H3,(H,13,14). The van der Waals surface area contributed by atoms with Crippen LogP contribution in [-0.4, -0.2) is 40.6 Å². The second-order valence-corrected chi connectivity index (χ2v) is 4.03. The highest BCUT2D eigenvalue weighted by molar-refractivity contribution is 6.33. The van der Waals surface area contributed by atoms with Gasteiger partial charge >= 0.3 is 0 Å². The zero-order valence-corrected chi connectivity index (χ0v) is 10.4. The highest BCUT2D eigenvalue weighted by Crippen LogP contribution is 2.18. The Balaban J connectivity index is 3.02. The average Bonchev–Trinajstić information content (AvgIpc) is 2.36. The monoisotopic (exact) mass is 258 g/mol. The van der Waals surface area contributed by atoms with Crippen LogP contribution < -0.4 is 11.3 Å². The fraction of sp³-hybridized carbons (Fsp3) is 0.400. The molecule has 0 aliphatic heterocycles. The lowest BCUT2D eigenvalue weighted by Crippen LogP contribution is -2.38. The summed E-state index contributed by atoms with van der Waals surface area (Å²) in [5, 5.41) is 9.23. The van der Waals surface area contributed by atoms with Gasteiger partial charge in [0, 0.05) is 7.05 Å². The van der Waals surface area contributed by atoms with E-state index in [2.05, 4.69) is 10.4 Å². The second-order valence-electron chi connectivity index (χ2n) is 3.62. The van der Waals surface area contributed by atoms with Gasteiger partial charge in [-0.3, -0.25) is 4.79 Å². The number of aliphatic hydroxyl groups excluding tert-OH is 1. The van der Waals surface area contributed by atoms with Gasteiger partial charge < -0.3 is 15.4 Å². The molecule has 1 heterocycles. The van der Waals surface area contributed by atoms with Crippen LogP contribution in [0.15, 0.2) is 12.1 Å². The molecule has 0 spiro atoms. The molecule has 1 amide bonds. The van der Waals surface area contributed by atoms with Crippen LogP contribution in [0.2, 0.25) is 5.02 Å². The van der Waals surface area contributed by atoms with E-state index in [0.717, 1.165) is 0 Å². The number of pyridine rings is 1.